The maximum Gasteiger partial charge on any atom is 0.201 e. The molecule has 1 aliphatic carbocycles. The van der Waals surface area contributed by atoms with Crippen LogP contribution in [0.1, 0.15) is 31.2 Å². The average Bonchev–Trinajstić information content (AvgIpc) is 2.95. The number of para-hydroxylation sites is 1. The Balaban J connectivity index is 1.08. The summed E-state index contributed by atoms with van der Waals surface area (Å²) in [7, 11) is 0. The molecular formula is C32H31NO3. The monoisotopic (exact) mass is 477 g/mol. The number of nitrogens with one attached hydrogen (secondary N) is 1. The Morgan fingerprint density at radius 3 is 2.33 bits per heavy atom. The van der Waals surface area contributed by atoms with Crippen molar-refractivity contribution in [1.82, 2.24) is 0 Å². The lowest BCUT2D eigenvalue weighted by atomic mass is 9.89. The summed E-state index contributed by atoms with van der Waals surface area (Å²) in [6.07, 6.45) is 3.13. The lowest BCUT2D eigenvalue weighted by molar-refractivity contribution is -0.483. The van der Waals surface area contributed by atoms with E-state index in [-0.39, 0.29) is 6.10 Å². The molecule has 1 saturated carbocycles. The molecule has 182 valence electrons. The third-order valence-corrected chi connectivity index (χ3v) is 7.46. The molecule has 0 radical (unpaired) electrons. The largest absolute Gasteiger partial charge is 0.382 e. The predicted octanol–water partition coefficient (Wildman–Crippen LogP) is 7.62. The third kappa shape index (κ3) is 4.56. The van der Waals surface area contributed by atoms with E-state index in [1.54, 1.807) is 0 Å². The summed E-state index contributed by atoms with van der Waals surface area (Å²) in [5.74, 6) is -0.674. The van der Waals surface area contributed by atoms with Gasteiger partial charge in [-0.1, -0.05) is 97.6 Å². The van der Waals surface area contributed by atoms with E-state index in [4.69, 9.17) is 14.5 Å². The van der Waals surface area contributed by atoms with Gasteiger partial charge in [-0.2, -0.15) is 0 Å². The molecule has 2 fully saturated rings. The maximum absolute atomic E-state index is 6.33. The van der Waals surface area contributed by atoms with Gasteiger partial charge in [0.05, 0.1) is 6.61 Å². The van der Waals surface area contributed by atoms with Crippen molar-refractivity contribution in [2.75, 3.05) is 11.9 Å². The molecule has 4 aromatic carbocycles. The van der Waals surface area contributed by atoms with Gasteiger partial charge in [-0.15, -0.1) is 0 Å². The van der Waals surface area contributed by atoms with Crippen molar-refractivity contribution >= 4 is 22.0 Å². The normalized spacial score (nSPS) is 24.0. The molecule has 6 rings (SSSR count). The van der Waals surface area contributed by atoms with Crippen LogP contribution in [0.15, 0.2) is 104 Å². The van der Waals surface area contributed by atoms with Gasteiger partial charge in [0.1, 0.15) is 6.10 Å². The van der Waals surface area contributed by atoms with Crippen LogP contribution < -0.4 is 5.32 Å². The number of hydrogen-bond acceptors (Lipinski definition) is 4. The number of benzene rings is 4. The van der Waals surface area contributed by atoms with Gasteiger partial charge >= 0.3 is 0 Å². The zero-order valence-corrected chi connectivity index (χ0v) is 20.4. The zero-order chi connectivity index (χ0) is 24.4. The topological polar surface area (TPSA) is 39.7 Å². The Morgan fingerprint density at radius 1 is 0.806 bits per heavy atom. The van der Waals surface area contributed by atoms with Crippen LogP contribution in [0.4, 0.5) is 5.69 Å². The Labute approximate surface area is 212 Å². The van der Waals surface area contributed by atoms with Gasteiger partial charge in [0, 0.05) is 30.1 Å². The van der Waals surface area contributed by atoms with Gasteiger partial charge in [-0.25, -0.2) is 9.78 Å². The molecular weight excluding hydrogens is 446 g/mol. The molecule has 1 atom stereocenters. The number of rotatable bonds is 5. The second-order valence-electron chi connectivity index (χ2n) is 9.77. The highest BCUT2D eigenvalue weighted by Gasteiger charge is 2.43. The quantitative estimate of drug-likeness (QED) is 0.300. The number of fused-ring (bicyclic) bond motifs is 1. The van der Waals surface area contributed by atoms with Crippen molar-refractivity contribution in [3.05, 3.63) is 109 Å². The van der Waals surface area contributed by atoms with Crippen molar-refractivity contribution in [3.63, 3.8) is 0 Å². The van der Waals surface area contributed by atoms with Crippen LogP contribution in [0.25, 0.3) is 27.5 Å². The highest BCUT2D eigenvalue weighted by Crippen LogP contribution is 2.40. The van der Waals surface area contributed by atoms with E-state index in [9.17, 15) is 0 Å². The minimum absolute atomic E-state index is 0.324. The molecule has 36 heavy (non-hydrogen) atoms. The summed E-state index contributed by atoms with van der Waals surface area (Å²) in [4.78, 5) is 11.9. The Kier molecular flexibility index (Phi) is 6.32. The fourth-order valence-electron chi connectivity index (χ4n) is 5.39. The first kappa shape index (κ1) is 23.0. The molecule has 0 bridgehead atoms. The molecule has 1 unspecified atom stereocenters. The van der Waals surface area contributed by atoms with Crippen molar-refractivity contribution in [2.24, 2.45) is 0 Å². The molecule has 1 heterocycles. The van der Waals surface area contributed by atoms with Crippen molar-refractivity contribution in [3.8, 4) is 11.1 Å². The molecule has 4 aromatic rings. The van der Waals surface area contributed by atoms with E-state index in [2.05, 4.69) is 90.8 Å². The lowest BCUT2D eigenvalue weighted by Gasteiger charge is -2.43. The average molecular weight is 478 g/mol. The zero-order valence-electron chi connectivity index (χ0n) is 20.4. The van der Waals surface area contributed by atoms with Crippen LogP contribution in [0.5, 0.6) is 0 Å². The summed E-state index contributed by atoms with van der Waals surface area (Å²) in [5.41, 5.74) is 5.57. The van der Waals surface area contributed by atoms with E-state index < -0.39 is 5.79 Å². The molecule has 0 aromatic heterocycles. The van der Waals surface area contributed by atoms with Crippen molar-refractivity contribution < 1.29 is 14.5 Å². The second kappa shape index (κ2) is 9.90. The number of ether oxygens (including phenoxy) is 1. The first-order chi connectivity index (χ1) is 17.7. The van der Waals surface area contributed by atoms with Gasteiger partial charge in [0.15, 0.2) is 0 Å². The van der Waals surface area contributed by atoms with Crippen molar-refractivity contribution in [1.29, 1.82) is 0 Å². The summed E-state index contributed by atoms with van der Waals surface area (Å²) in [5, 5.41) is 6.12. The molecule has 0 amide bonds. The Bertz CT molecular complexity index is 1340. The van der Waals surface area contributed by atoms with Gasteiger partial charge < -0.3 is 10.1 Å². The van der Waals surface area contributed by atoms with E-state index in [0.29, 0.717) is 12.6 Å². The van der Waals surface area contributed by atoms with Crippen LogP contribution in [0.2, 0.25) is 0 Å². The number of anilines is 1. The minimum Gasteiger partial charge on any atom is -0.382 e. The van der Waals surface area contributed by atoms with Gasteiger partial charge in [-0.05, 0) is 46.4 Å². The fourth-order valence-corrected chi connectivity index (χ4v) is 5.39. The molecule has 1 aliphatic heterocycles. The Morgan fingerprint density at radius 2 is 1.53 bits per heavy atom. The predicted molar refractivity (Wildman–Crippen MR) is 145 cm³/mol. The van der Waals surface area contributed by atoms with Crippen molar-refractivity contribution in [2.45, 2.75) is 43.6 Å². The number of hydrogen-bond donors (Lipinski definition) is 1. The van der Waals surface area contributed by atoms with Gasteiger partial charge in [0.2, 0.25) is 5.79 Å². The third-order valence-electron chi connectivity index (χ3n) is 7.46. The van der Waals surface area contributed by atoms with Crippen LogP contribution in [-0.4, -0.2) is 24.5 Å². The lowest BCUT2D eigenvalue weighted by Crippen LogP contribution is -2.49. The Hall–Kier alpha value is -3.44. The minimum atomic E-state index is -0.674. The van der Waals surface area contributed by atoms with Crippen LogP contribution >= 0.6 is 0 Å². The molecule has 1 N–H and O–H groups in total. The highest BCUT2D eigenvalue weighted by molar-refractivity contribution is 5.94. The summed E-state index contributed by atoms with van der Waals surface area (Å²) >= 11 is 0. The van der Waals surface area contributed by atoms with E-state index in [1.807, 2.05) is 18.2 Å². The molecule has 2 aliphatic rings. The fraction of sp³-hybridized carbons (Fsp3) is 0.250. The highest BCUT2D eigenvalue weighted by atomic mass is 17.2. The maximum atomic E-state index is 6.33. The molecule has 1 spiro atoms. The summed E-state index contributed by atoms with van der Waals surface area (Å²) in [6, 6.07) is 34.0. The first-order valence-electron chi connectivity index (χ1n) is 12.8. The van der Waals surface area contributed by atoms with Crippen LogP contribution in [-0.2, 0) is 14.5 Å². The molecule has 4 nitrogen and oxygen atoms in total. The smallest absolute Gasteiger partial charge is 0.201 e. The summed E-state index contributed by atoms with van der Waals surface area (Å²) < 4.78 is 6.33. The standard InChI is InChI=1S/C32H31NO3/c1-23(27-16-9-13-24-12-5-6-14-28(24)27)31-22-34-32(36-35-31)20-18-26(19-21-32)33-30-17-8-7-15-29(30)25-10-3-2-4-11-25/h2-17,26,31,33H,1,18-22H2. The van der Waals surface area contributed by atoms with E-state index in [0.717, 1.165) is 47.9 Å². The van der Waals surface area contributed by atoms with Crippen LogP contribution in [0.3, 0.4) is 0 Å². The van der Waals surface area contributed by atoms with Gasteiger partial charge in [0.25, 0.3) is 0 Å². The van der Waals surface area contributed by atoms with Crippen LogP contribution in [0, 0.1) is 0 Å². The van der Waals surface area contributed by atoms with Gasteiger partial charge in [-0.3, -0.25) is 0 Å². The van der Waals surface area contributed by atoms with E-state index in [1.165, 1.54) is 16.5 Å². The molecule has 1 saturated heterocycles. The summed E-state index contributed by atoms with van der Waals surface area (Å²) in [6.45, 7) is 4.77. The SMILES string of the molecule is C=C(c1cccc2ccccc12)C1COC2(CCC(Nc3ccccc3-c3ccccc3)CC2)OO1. The first-order valence-corrected chi connectivity index (χ1v) is 12.8. The molecule has 4 heteroatoms. The second-order valence-corrected chi connectivity index (χ2v) is 9.77. The van der Waals surface area contributed by atoms with E-state index >= 15 is 0 Å².